The average Bonchev–Trinajstić information content (AvgIpc) is 3.53. The molecule has 0 fully saturated rings. The van der Waals surface area contributed by atoms with E-state index in [0.29, 0.717) is 17.5 Å². The molecule has 226 valence electrons. The van der Waals surface area contributed by atoms with E-state index in [-0.39, 0.29) is 0 Å². The number of hydrogen-bond donors (Lipinski definition) is 0. The first-order valence-electron chi connectivity index (χ1n) is 16.1. The Morgan fingerprint density at radius 3 is 1.81 bits per heavy atom. The summed E-state index contributed by atoms with van der Waals surface area (Å²) in [5.74, 6) is 1.88. The van der Waals surface area contributed by atoms with E-state index in [1.165, 1.54) is 21.9 Å². The van der Waals surface area contributed by atoms with Crippen molar-refractivity contribution in [1.29, 1.82) is 0 Å². The molecule has 0 aliphatic carbocycles. The second kappa shape index (κ2) is 11.4. The van der Waals surface area contributed by atoms with Gasteiger partial charge in [-0.25, -0.2) is 15.0 Å². The Balaban J connectivity index is 1.16. The van der Waals surface area contributed by atoms with Crippen LogP contribution in [0.4, 0.5) is 0 Å². The molecule has 0 aliphatic heterocycles. The first kappa shape index (κ1) is 27.9. The fraction of sp³-hybridized carbons (Fsp3) is 0.0227. The van der Waals surface area contributed by atoms with Gasteiger partial charge in [0, 0.05) is 27.5 Å². The van der Waals surface area contributed by atoms with Gasteiger partial charge in [0.05, 0.1) is 0 Å². The molecule has 2 aromatic heterocycles. The molecule has 0 atom stereocenters. The first-order chi connectivity index (χ1) is 23.7. The Hall–Kier alpha value is -6.39. The van der Waals surface area contributed by atoms with Crippen molar-refractivity contribution in [1.82, 2.24) is 15.0 Å². The highest BCUT2D eigenvalue weighted by Crippen LogP contribution is 2.39. The number of fused-ring (bicyclic) bond motifs is 4. The molecule has 4 nitrogen and oxygen atoms in total. The van der Waals surface area contributed by atoms with Crippen molar-refractivity contribution < 1.29 is 4.42 Å². The van der Waals surface area contributed by atoms with Crippen LogP contribution in [0.25, 0.3) is 89.1 Å². The van der Waals surface area contributed by atoms with Gasteiger partial charge < -0.3 is 4.42 Å². The summed E-state index contributed by atoms with van der Waals surface area (Å²) in [6, 6.07) is 54.6. The monoisotopic (exact) mass is 615 g/mol. The molecule has 2 heterocycles. The molecule has 0 spiro atoms. The van der Waals surface area contributed by atoms with E-state index in [1.54, 1.807) is 0 Å². The molecule has 0 radical (unpaired) electrons. The molecule has 0 unspecified atom stereocenters. The standard InChI is InChI=1S/C44H29N3O/c1-28-18-25-39-41(37-16-7-8-17-38(37)48-39)40(28)44-46-42(32-11-3-2-4-12-32)45-43(47-44)36-15-9-14-34(27-36)30-19-21-31(22-20-30)35-24-23-29-10-5-6-13-33(29)26-35/h2-27H,1H3. The highest BCUT2D eigenvalue weighted by Gasteiger charge is 2.20. The largest absolute Gasteiger partial charge is 0.456 e. The summed E-state index contributed by atoms with van der Waals surface area (Å²) in [6.07, 6.45) is 0. The van der Waals surface area contributed by atoms with Gasteiger partial charge in [0.25, 0.3) is 0 Å². The molecular formula is C44H29N3O. The molecule has 48 heavy (non-hydrogen) atoms. The maximum absolute atomic E-state index is 6.25. The Morgan fingerprint density at radius 2 is 1.00 bits per heavy atom. The minimum absolute atomic E-state index is 0.623. The van der Waals surface area contributed by atoms with Gasteiger partial charge in [-0.2, -0.15) is 0 Å². The number of aryl methyl sites for hydroxylation is 1. The maximum Gasteiger partial charge on any atom is 0.165 e. The van der Waals surface area contributed by atoms with Crippen LogP contribution in [0.2, 0.25) is 0 Å². The molecule has 0 bridgehead atoms. The van der Waals surface area contributed by atoms with E-state index >= 15 is 0 Å². The third kappa shape index (κ3) is 4.91. The lowest BCUT2D eigenvalue weighted by Crippen LogP contribution is -2.01. The number of para-hydroxylation sites is 1. The summed E-state index contributed by atoms with van der Waals surface area (Å²) in [5.41, 5.74) is 10.2. The minimum Gasteiger partial charge on any atom is -0.456 e. The number of hydrogen-bond acceptors (Lipinski definition) is 4. The minimum atomic E-state index is 0.623. The number of nitrogens with zero attached hydrogens (tertiary/aromatic N) is 3. The SMILES string of the molecule is Cc1ccc2oc3ccccc3c2c1-c1nc(-c2ccccc2)nc(-c2cccc(-c3ccc(-c4ccc5ccccc5c4)cc3)c2)n1. The average molecular weight is 616 g/mol. The zero-order valence-electron chi connectivity index (χ0n) is 26.3. The lowest BCUT2D eigenvalue weighted by atomic mass is 9.97. The third-order valence-corrected chi connectivity index (χ3v) is 9.06. The molecule has 9 rings (SSSR count). The number of benzene rings is 7. The van der Waals surface area contributed by atoms with E-state index in [9.17, 15) is 0 Å². The lowest BCUT2D eigenvalue weighted by molar-refractivity contribution is 0.669. The molecule has 0 amide bonds. The van der Waals surface area contributed by atoms with Crippen molar-refractivity contribution in [2.24, 2.45) is 0 Å². The second-order valence-corrected chi connectivity index (χ2v) is 12.1. The number of furan rings is 1. The molecule has 0 saturated carbocycles. The number of aromatic nitrogens is 3. The van der Waals surface area contributed by atoms with E-state index < -0.39 is 0 Å². The van der Waals surface area contributed by atoms with Gasteiger partial charge in [-0.05, 0) is 69.8 Å². The summed E-state index contributed by atoms with van der Waals surface area (Å²) < 4.78 is 6.25. The predicted octanol–water partition coefficient (Wildman–Crippen LogP) is 11.6. The molecule has 0 aliphatic rings. The van der Waals surface area contributed by atoms with Gasteiger partial charge >= 0.3 is 0 Å². The van der Waals surface area contributed by atoms with Crippen LogP contribution in [0, 0.1) is 6.92 Å². The molecule has 7 aromatic carbocycles. The van der Waals surface area contributed by atoms with Gasteiger partial charge in [0.2, 0.25) is 0 Å². The second-order valence-electron chi connectivity index (χ2n) is 12.1. The van der Waals surface area contributed by atoms with E-state index in [4.69, 9.17) is 19.4 Å². The van der Waals surface area contributed by atoms with E-state index in [0.717, 1.165) is 55.3 Å². The van der Waals surface area contributed by atoms with Crippen LogP contribution in [0.1, 0.15) is 5.56 Å². The van der Waals surface area contributed by atoms with Gasteiger partial charge in [-0.1, -0.05) is 133 Å². The van der Waals surface area contributed by atoms with Crippen molar-refractivity contribution >= 4 is 32.7 Å². The maximum atomic E-state index is 6.25. The van der Waals surface area contributed by atoms with Crippen LogP contribution in [-0.4, -0.2) is 15.0 Å². The molecule has 4 heteroatoms. The quantitative estimate of drug-likeness (QED) is 0.193. The first-order valence-corrected chi connectivity index (χ1v) is 16.1. The fourth-order valence-corrected chi connectivity index (χ4v) is 6.60. The predicted molar refractivity (Wildman–Crippen MR) is 197 cm³/mol. The zero-order valence-corrected chi connectivity index (χ0v) is 26.3. The Morgan fingerprint density at radius 1 is 0.396 bits per heavy atom. The molecule has 0 N–H and O–H groups in total. The van der Waals surface area contributed by atoms with Crippen LogP contribution in [-0.2, 0) is 0 Å². The highest BCUT2D eigenvalue weighted by molar-refractivity contribution is 6.12. The molecule has 9 aromatic rings. The molecular weight excluding hydrogens is 587 g/mol. The van der Waals surface area contributed by atoms with E-state index in [2.05, 4.69) is 110 Å². The van der Waals surface area contributed by atoms with Crippen LogP contribution in [0.5, 0.6) is 0 Å². The normalized spacial score (nSPS) is 11.4. The topological polar surface area (TPSA) is 51.8 Å². The third-order valence-electron chi connectivity index (χ3n) is 9.06. The Bertz CT molecular complexity index is 2620. The van der Waals surface area contributed by atoms with Crippen molar-refractivity contribution in [3.63, 3.8) is 0 Å². The molecule has 0 saturated heterocycles. The van der Waals surface area contributed by atoms with Crippen LogP contribution < -0.4 is 0 Å². The van der Waals surface area contributed by atoms with Crippen molar-refractivity contribution in [3.05, 3.63) is 163 Å². The summed E-state index contributed by atoms with van der Waals surface area (Å²) in [6.45, 7) is 2.10. The van der Waals surface area contributed by atoms with Gasteiger partial charge in [0.1, 0.15) is 11.2 Å². The Labute approximate surface area is 278 Å². The zero-order chi connectivity index (χ0) is 32.0. The van der Waals surface area contributed by atoms with Crippen LogP contribution >= 0.6 is 0 Å². The van der Waals surface area contributed by atoms with Crippen LogP contribution in [0.15, 0.2) is 162 Å². The van der Waals surface area contributed by atoms with Gasteiger partial charge in [-0.3, -0.25) is 0 Å². The fourth-order valence-electron chi connectivity index (χ4n) is 6.60. The van der Waals surface area contributed by atoms with Crippen molar-refractivity contribution in [3.8, 4) is 56.4 Å². The summed E-state index contributed by atoms with van der Waals surface area (Å²) in [7, 11) is 0. The number of rotatable bonds is 5. The Kier molecular flexibility index (Phi) is 6.65. The van der Waals surface area contributed by atoms with Crippen molar-refractivity contribution in [2.75, 3.05) is 0 Å². The van der Waals surface area contributed by atoms with Gasteiger partial charge in [-0.15, -0.1) is 0 Å². The smallest absolute Gasteiger partial charge is 0.165 e. The summed E-state index contributed by atoms with van der Waals surface area (Å²) >= 11 is 0. The van der Waals surface area contributed by atoms with E-state index in [1.807, 2.05) is 54.6 Å². The highest BCUT2D eigenvalue weighted by atomic mass is 16.3. The van der Waals surface area contributed by atoms with Gasteiger partial charge in [0.15, 0.2) is 17.5 Å². The lowest BCUT2D eigenvalue weighted by Gasteiger charge is -2.12. The summed E-state index contributed by atoms with van der Waals surface area (Å²) in [5, 5.41) is 4.55. The van der Waals surface area contributed by atoms with Crippen LogP contribution in [0.3, 0.4) is 0 Å². The van der Waals surface area contributed by atoms with Crippen molar-refractivity contribution in [2.45, 2.75) is 6.92 Å². The summed E-state index contributed by atoms with van der Waals surface area (Å²) in [4.78, 5) is 15.2.